The van der Waals surface area contributed by atoms with Gasteiger partial charge in [-0.25, -0.2) is 0 Å². The van der Waals surface area contributed by atoms with Gasteiger partial charge in [0.25, 0.3) is 5.91 Å². The molecule has 0 saturated heterocycles. The van der Waals surface area contributed by atoms with E-state index >= 15 is 0 Å². The maximum absolute atomic E-state index is 11.9. The molecule has 3 heteroatoms. The van der Waals surface area contributed by atoms with Gasteiger partial charge in [-0.05, 0) is 43.5 Å². The summed E-state index contributed by atoms with van der Waals surface area (Å²) in [4.78, 5) is 11.9. The number of rotatable bonds is 13. The highest BCUT2D eigenvalue weighted by Crippen LogP contribution is 2.12. The van der Waals surface area contributed by atoms with E-state index in [1.807, 2.05) is 12.1 Å². The van der Waals surface area contributed by atoms with Crippen LogP contribution in [0.15, 0.2) is 24.3 Å². The molecule has 0 spiro atoms. The van der Waals surface area contributed by atoms with Crippen molar-refractivity contribution < 1.29 is 4.79 Å². The predicted octanol–water partition coefficient (Wildman–Crippen LogP) is 4.45. The Bertz CT molecular complexity index is 414. The Kier molecular flexibility index (Phi) is 11.2. The molecule has 3 nitrogen and oxygen atoms in total. The van der Waals surface area contributed by atoms with Crippen molar-refractivity contribution in [3.63, 3.8) is 0 Å². The van der Waals surface area contributed by atoms with E-state index in [1.54, 1.807) is 0 Å². The summed E-state index contributed by atoms with van der Waals surface area (Å²) in [6, 6.07) is 8.02. The lowest BCUT2D eigenvalue weighted by molar-refractivity contribution is 0.0953. The molecule has 130 valence electrons. The van der Waals surface area contributed by atoms with Gasteiger partial charge in [0, 0.05) is 12.1 Å². The second-order valence-corrected chi connectivity index (χ2v) is 6.32. The lowest BCUT2D eigenvalue weighted by Crippen LogP contribution is -2.25. The number of aryl methyl sites for hydroxylation is 1. The van der Waals surface area contributed by atoms with Crippen LogP contribution in [-0.2, 0) is 6.42 Å². The number of hydrogen-bond donors (Lipinski definition) is 2. The van der Waals surface area contributed by atoms with Gasteiger partial charge in [0.2, 0.25) is 0 Å². The fourth-order valence-electron chi connectivity index (χ4n) is 2.69. The van der Waals surface area contributed by atoms with E-state index in [0.717, 1.165) is 18.4 Å². The SMILES string of the molecule is CCCCCCCCCCc1ccc(C(=O)NCCCN)cc1. The van der Waals surface area contributed by atoms with E-state index in [4.69, 9.17) is 5.73 Å². The van der Waals surface area contributed by atoms with Gasteiger partial charge in [-0.2, -0.15) is 0 Å². The fourth-order valence-corrected chi connectivity index (χ4v) is 2.69. The van der Waals surface area contributed by atoms with E-state index in [2.05, 4.69) is 24.4 Å². The van der Waals surface area contributed by atoms with Crippen molar-refractivity contribution in [3.8, 4) is 0 Å². The topological polar surface area (TPSA) is 55.1 Å². The van der Waals surface area contributed by atoms with Gasteiger partial charge >= 0.3 is 0 Å². The second kappa shape index (κ2) is 13.1. The summed E-state index contributed by atoms with van der Waals surface area (Å²) in [5.41, 5.74) is 7.49. The molecule has 0 unspecified atom stereocenters. The van der Waals surface area contributed by atoms with Crippen LogP contribution in [0.5, 0.6) is 0 Å². The first-order valence-electron chi connectivity index (χ1n) is 9.35. The summed E-state index contributed by atoms with van der Waals surface area (Å²) in [5, 5.41) is 2.88. The molecule has 3 N–H and O–H groups in total. The third kappa shape index (κ3) is 9.39. The van der Waals surface area contributed by atoms with Crippen LogP contribution in [0.2, 0.25) is 0 Å². The number of amides is 1. The molecule has 0 fully saturated rings. The highest BCUT2D eigenvalue weighted by atomic mass is 16.1. The first-order chi connectivity index (χ1) is 11.3. The van der Waals surface area contributed by atoms with Gasteiger partial charge in [-0.15, -0.1) is 0 Å². The van der Waals surface area contributed by atoms with Gasteiger partial charge in [-0.3, -0.25) is 4.79 Å². The number of carbonyl (C=O) groups excluding carboxylic acids is 1. The number of carbonyl (C=O) groups is 1. The molecule has 0 radical (unpaired) electrons. The maximum atomic E-state index is 11.9. The standard InChI is InChI=1S/C20H34N2O/c1-2-3-4-5-6-7-8-9-11-18-12-14-19(15-13-18)20(23)22-17-10-16-21/h12-15H,2-11,16-17,21H2,1H3,(H,22,23). The summed E-state index contributed by atoms with van der Waals surface area (Å²) < 4.78 is 0. The summed E-state index contributed by atoms with van der Waals surface area (Å²) in [6.07, 6.45) is 12.7. The quantitative estimate of drug-likeness (QED) is 0.528. The first kappa shape index (κ1) is 19.7. The molecule has 0 bridgehead atoms. The monoisotopic (exact) mass is 318 g/mol. The highest BCUT2D eigenvalue weighted by Gasteiger charge is 2.04. The Morgan fingerprint density at radius 1 is 0.913 bits per heavy atom. The van der Waals surface area contributed by atoms with E-state index in [-0.39, 0.29) is 5.91 Å². The molecule has 0 atom stereocenters. The number of unbranched alkanes of at least 4 members (excludes halogenated alkanes) is 7. The molecule has 1 aromatic carbocycles. The molecule has 0 heterocycles. The zero-order chi connectivity index (χ0) is 16.8. The molecular formula is C20H34N2O. The van der Waals surface area contributed by atoms with Crippen molar-refractivity contribution >= 4 is 5.91 Å². The zero-order valence-corrected chi connectivity index (χ0v) is 14.8. The van der Waals surface area contributed by atoms with E-state index in [1.165, 1.54) is 56.9 Å². The van der Waals surface area contributed by atoms with Crippen LogP contribution >= 0.6 is 0 Å². The number of nitrogens with two attached hydrogens (primary N) is 1. The normalized spacial score (nSPS) is 10.7. The molecule has 0 aromatic heterocycles. The van der Waals surface area contributed by atoms with Crippen molar-refractivity contribution in [1.82, 2.24) is 5.32 Å². The van der Waals surface area contributed by atoms with Crippen molar-refractivity contribution in [2.24, 2.45) is 5.73 Å². The Balaban J connectivity index is 2.15. The van der Waals surface area contributed by atoms with Crippen LogP contribution in [0, 0.1) is 0 Å². The largest absolute Gasteiger partial charge is 0.352 e. The van der Waals surface area contributed by atoms with Gasteiger partial charge in [0.05, 0.1) is 0 Å². The van der Waals surface area contributed by atoms with Gasteiger partial charge < -0.3 is 11.1 Å². The van der Waals surface area contributed by atoms with E-state index in [9.17, 15) is 4.79 Å². The molecule has 1 amide bonds. The Hall–Kier alpha value is -1.35. The minimum absolute atomic E-state index is 0.00270. The highest BCUT2D eigenvalue weighted by molar-refractivity contribution is 5.94. The summed E-state index contributed by atoms with van der Waals surface area (Å²) in [6.45, 7) is 3.52. The van der Waals surface area contributed by atoms with Gasteiger partial charge in [0.15, 0.2) is 0 Å². The molecule has 0 aliphatic heterocycles. The fraction of sp³-hybridized carbons (Fsp3) is 0.650. The van der Waals surface area contributed by atoms with Crippen molar-refractivity contribution in [1.29, 1.82) is 0 Å². The average molecular weight is 319 g/mol. The smallest absolute Gasteiger partial charge is 0.251 e. The van der Waals surface area contributed by atoms with Crippen molar-refractivity contribution in [3.05, 3.63) is 35.4 Å². The maximum Gasteiger partial charge on any atom is 0.251 e. The van der Waals surface area contributed by atoms with Crippen molar-refractivity contribution in [2.75, 3.05) is 13.1 Å². The number of benzene rings is 1. The Morgan fingerprint density at radius 2 is 1.52 bits per heavy atom. The molecule has 0 aliphatic carbocycles. The third-order valence-electron chi connectivity index (χ3n) is 4.20. The number of nitrogens with one attached hydrogen (secondary N) is 1. The molecule has 1 rings (SSSR count). The Labute approximate surface area is 142 Å². The Morgan fingerprint density at radius 3 is 2.13 bits per heavy atom. The van der Waals surface area contributed by atoms with Crippen LogP contribution < -0.4 is 11.1 Å². The van der Waals surface area contributed by atoms with Gasteiger partial charge in [0.1, 0.15) is 0 Å². The molecule has 23 heavy (non-hydrogen) atoms. The third-order valence-corrected chi connectivity index (χ3v) is 4.20. The number of hydrogen-bond acceptors (Lipinski definition) is 2. The summed E-state index contributed by atoms with van der Waals surface area (Å²) in [5.74, 6) is -0.00270. The van der Waals surface area contributed by atoms with E-state index < -0.39 is 0 Å². The van der Waals surface area contributed by atoms with Crippen LogP contribution in [0.4, 0.5) is 0 Å². The molecule has 1 aromatic rings. The van der Waals surface area contributed by atoms with Crippen LogP contribution in [-0.4, -0.2) is 19.0 Å². The minimum atomic E-state index is -0.00270. The summed E-state index contributed by atoms with van der Waals surface area (Å²) in [7, 11) is 0. The lowest BCUT2D eigenvalue weighted by atomic mass is 10.0. The molecule has 0 saturated carbocycles. The molecule has 0 aliphatic rings. The van der Waals surface area contributed by atoms with Crippen LogP contribution in [0.3, 0.4) is 0 Å². The second-order valence-electron chi connectivity index (χ2n) is 6.32. The van der Waals surface area contributed by atoms with Crippen molar-refractivity contribution in [2.45, 2.75) is 71.1 Å². The predicted molar refractivity (Wildman–Crippen MR) is 98.8 cm³/mol. The first-order valence-corrected chi connectivity index (χ1v) is 9.35. The average Bonchev–Trinajstić information content (AvgIpc) is 2.58. The molecular weight excluding hydrogens is 284 g/mol. The van der Waals surface area contributed by atoms with Crippen LogP contribution in [0.1, 0.15) is 80.6 Å². The van der Waals surface area contributed by atoms with Gasteiger partial charge in [-0.1, -0.05) is 64.0 Å². The van der Waals surface area contributed by atoms with Crippen LogP contribution in [0.25, 0.3) is 0 Å². The summed E-state index contributed by atoms with van der Waals surface area (Å²) >= 11 is 0. The lowest BCUT2D eigenvalue weighted by Gasteiger charge is -2.06. The zero-order valence-electron chi connectivity index (χ0n) is 14.8. The van der Waals surface area contributed by atoms with E-state index in [0.29, 0.717) is 13.1 Å². The minimum Gasteiger partial charge on any atom is -0.352 e.